The molecule has 0 aromatic rings. The zero-order valence-electron chi connectivity index (χ0n) is 18.1. The van der Waals surface area contributed by atoms with Crippen molar-refractivity contribution in [2.24, 2.45) is 11.8 Å². The number of nitrogens with one attached hydrogen (secondary N) is 2. The van der Waals surface area contributed by atoms with E-state index in [0.29, 0.717) is 0 Å². The lowest BCUT2D eigenvalue weighted by molar-refractivity contribution is -0.143. The number of likely N-dealkylation sites (tertiary alicyclic amines) is 1. The molecule has 1 spiro atoms. The molecule has 0 radical (unpaired) electrons. The smallest absolute Gasteiger partial charge is 0.246 e. The Labute approximate surface area is 178 Å². The minimum absolute atomic E-state index is 0.0753. The maximum absolute atomic E-state index is 13.6. The highest BCUT2D eigenvalue weighted by molar-refractivity contribution is 6.00. The van der Waals surface area contributed by atoms with Crippen LogP contribution in [0.15, 0.2) is 12.2 Å². The van der Waals surface area contributed by atoms with Crippen LogP contribution in [0.25, 0.3) is 0 Å². The third kappa shape index (κ3) is 3.08. The quantitative estimate of drug-likeness (QED) is 0.684. The zero-order valence-corrected chi connectivity index (χ0v) is 18.1. The van der Waals surface area contributed by atoms with Crippen LogP contribution in [0.4, 0.5) is 0 Å². The molecule has 2 saturated heterocycles. The maximum Gasteiger partial charge on any atom is 0.246 e. The Hall–Kier alpha value is -1.89. The molecule has 30 heavy (non-hydrogen) atoms. The predicted molar refractivity (Wildman–Crippen MR) is 110 cm³/mol. The van der Waals surface area contributed by atoms with E-state index in [0.717, 1.165) is 38.5 Å². The van der Waals surface area contributed by atoms with Crippen molar-refractivity contribution in [3.05, 3.63) is 12.2 Å². The normalized spacial score (nSPS) is 38.1. The fraction of sp³-hybridized carbons (Fsp3) is 0.783. The lowest BCUT2D eigenvalue weighted by Crippen LogP contribution is -2.58. The molecule has 7 nitrogen and oxygen atoms in total. The molecule has 4 fully saturated rings. The fourth-order valence-corrected chi connectivity index (χ4v) is 5.93. The van der Waals surface area contributed by atoms with Gasteiger partial charge in [-0.2, -0.15) is 0 Å². The Balaban J connectivity index is 1.44. The summed E-state index contributed by atoms with van der Waals surface area (Å²) in [5.41, 5.74) is -1.45. The van der Waals surface area contributed by atoms with E-state index in [1.165, 1.54) is 6.42 Å². The van der Waals surface area contributed by atoms with Crippen molar-refractivity contribution in [1.29, 1.82) is 0 Å². The number of rotatable bonds is 4. The highest BCUT2D eigenvalue weighted by Gasteiger charge is 2.74. The highest BCUT2D eigenvalue weighted by atomic mass is 16.5. The van der Waals surface area contributed by atoms with Crippen LogP contribution < -0.4 is 10.6 Å². The van der Waals surface area contributed by atoms with E-state index in [2.05, 4.69) is 10.6 Å². The van der Waals surface area contributed by atoms with Gasteiger partial charge in [0.05, 0.1) is 17.9 Å². The van der Waals surface area contributed by atoms with Crippen LogP contribution >= 0.6 is 0 Å². The van der Waals surface area contributed by atoms with Crippen molar-refractivity contribution < 1.29 is 19.1 Å². The van der Waals surface area contributed by atoms with Crippen molar-refractivity contribution in [3.8, 4) is 0 Å². The Morgan fingerprint density at radius 3 is 2.43 bits per heavy atom. The van der Waals surface area contributed by atoms with E-state index in [9.17, 15) is 14.4 Å². The average Bonchev–Trinajstić information content (AvgIpc) is 3.26. The van der Waals surface area contributed by atoms with Gasteiger partial charge in [0.1, 0.15) is 11.6 Å². The van der Waals surface area contributed by atoms with Crippen LogP contribution in [0.3, 0.4) is 0 Å². The summed E-state index contributed by atoms with van der Waals surface area (Å²) in [5.74, 6) is -1.55. The van der Waals surface area contributed by atoms with Crippen LogP contribution in [0.1, 0.15) is 65.7 Å². The first-order valence-electron chi connectivity index (χ1n) is 11.5. The Bertz CT molecular complexity index is 793. The number of amides is 3. The summed E-state index contributed by atoms with van der Waals surface area (Å²) >= 11 is 0. The van der Waals surface area contributed by atoms with Crippen molar-refractivity contribution in [2.75, 3.05) is 0 Å². The summed E-state index contributed by atoms with van der Waals surface area (Å²) in [5, 5.41) is 6.24. The number of hydrogen-bond donors (Lipinski definition) is 2. The number of fused-ring (bicyclic) bond motifs is 1. The van der Waals surface area contributed by atoms with Crippen LogP contribution in [0, 0.1) is 11.8 Å². The molecule has 0 unspecified atom stereocenters. The number of ether oxygens (including phenoxy) is 1. The van der Waals surface area contributed by atoms with E-state index >= 15 is 0 Å². The minimum atomic E-state index is -1.03. The molecule has 3 aliphatic heterocycles. The third-order valence-electron chi connectivity index (χ3n) is 7.25. The van der Waals surface area contributed by atoms with Gasteiger partial charge in [-0.1, -0.05) is 31.4 Å². The van der Waals surface area contributed by atoms with E-state index in [-0.39, 0.29) is 29.8 Å². The van der Waals surface area contributed by atoms with Gasteiger partial charge in [-0.05, 0) is 46.5 Å². The van der Waals surface area contributed by atoms with Crippen molar-refractivity contribution in [2.45, 2.75) is 101 Å². The standard InChI is InChI=1S/C23H33N3O4/c1-22(2,3)25-20(28)18-23-12-11-15(30-23)16(17(23)21(29)26(18)14-9-10-14)19(27)24-13-7-5-4-6-8-13/h11-18H,4-10H2,1-3H3,(H,24,27)(H,25,28)/t15-,16+,17-,18+,23-/m1/s1. The number of hydrogen-bond acceptors (Lipinski definition) is 4. The molecule has 2 aliphatic carbocycles. The molecule has 5 rings (SSSR count). The number of carbonyl (C=O) groups excluding carboxylic acids is 3. The predicted octanol–water partition coefficient (Wildman–Crippen LogP) is 1.66. The molecule has 2 bridgehead atoms. The third-order valence-corrected chi connectivity index (χ3v) is 7.25. The van der Waals surface area contributed by atoms with Crippen LogP contribution in [0.5, 0.6) is 0 Å². The second-order valence-corrected chi connectivity index (χ2v) is 10.8. The lowest BCUT2D eigenvalue weighted by Gasteiger charge is -2.34. The van der Waals surface area contributed by atoms with E-state index < -0.39 is 35.1 Å². The molecule has 0 aromatic carbocycles. The number of nitrogens with zero attached hydrogens (tertiary/aromatic N) is 1. The number of carbonyl (C=O) groups is 3. The van der Waals surface area contributed by atoms with Gasteiger partial charge in [0.2, 0.25) is 17.7 Å². The van der Waals surface area contributed by atoms with Gasteiger partial charge in [-0.25, -0.2) is 0 Å². The first kappa shape index (κ1) is 20.0. The van der Waals surface area contributed by atoms with Gasteiger partial charge >= 0.3 is 0 Å². The molecule has 3 amide bonds. The molecule has 2 saturated carbocycles. The van der Waals surface area contributed by atoms with Crippen molar-refractivity contribution in [3.63, 3.8) is 0 Å². The van der Waals surface area contributed by atoms with Gasteiger partial charge in [0.15, 0.2) is 0 Å². The van der Waals surface area contributed by atoms with Crippen molar-refractivity contribution in [1.82, 2.24) is 15.5 Å². The second-order valence-electron chi connectivity index (χ2n) is 10.8. The van der Waals surface area contributed by atoms with Crippen LogP contribution in [-0.2, 0) is 19.1 Å². The van der Waals surface area contributed by atoms with Crippen LogP contribution in [0.2, 0.25) is 0 Å². The van der Waals surface area contributed by atoms with E-state index in [4.69, 9.17) is 4.74 Å². The summed E-state index contributed by atoms with van der Waals surface area (Å²) in [4.78, 5) is 42.0. The molecule has 164 valence electrons. The summed E-state index contributed by atoms with van der Waals surface area (Å²) in [7, 11) is 0. The summed E-state index contributed by atoms with van der Waals surface area (Å²) in [6.45, 7) is 5.80. The van der Waals surface area contributed by atoms with Gasteiger partial charge in [0.25, 0.3) is 0 Å². The topological polar surface area (TPSA) is 87.7 Å². The van der Waals surface area contributed by atoms with Crippen LogP contribution in [-0.4, -0.2) is 58.0 Å². The zero-order chi connectivity index (χ0) is 21.3. The Morgan fingerprint density at radius 2 is 1.80 bits per heavy atom. The van der Waals surface area contributed by atoms with Crippen molar-refractivity contribution >= 4 is 17.7 Å². The second kappa shape index (κ2) is 6.81. The fourth-order valence-electron chi connectivity index (χ4n) is 5.93. The van der Waals surface area contributed by atoms with Gasteiger partial charge in [-0.3, -0.25) is 14.4 Å². The Kier molecular flexibility index (Phi) is 4.55. The molecular formula is C23H33N3O4. The SMILES string of the molecule is CC(C)(C)NC(=O)[C@@H]1N(C2CC2)C(=O)[C@H]2[C@@H](C(=O)NC3CCCCC3)[C@H]3C=C[C@]12O3. The van der Waals surface area contributed by atoms with Gasteiger partial charge < -0.3 is 20.3 Å². The highest BCUT2D eigenvalue weighted by Crippen LogP contribution is 2.57. The van der Waals surface area contributed by atoms with Gasteiger partial charge in [-0.15, -0.1) is 0 Å². The molecule has 5 aliphatic rings. The largest absolute Gasteiger partial charge is 0.359 e. The minimum Gasteiger partial charge on any atom is -0.359 e. The maximum atomic E-state index is 13.6. The van der Waals surface area contributed by atoms with E-state index in [1.807, 2.05) is 32.9 Å². The monoisotopic (exact) mass is 415 g/mol. The lowest BCUT2D eigenvalue weighted by atomic mass is 9.74. The summed E-state index contributed by atoms with van der Waals surface area (Å²) in [6.07, 6.45) is 10.6. The molecule has 3 heterocycles. The summed E-state index contributed by atoms with van der Waals surface area (Å²) in [6, 6.07) is -0.455. The molecular weight excluding hydrogens is 382 g/mol. The summed E-state index contributed by atoms with van der Waals surface area (Å²) < 4.78 is 6.34. The molecule has 5 atom stereocenters. The van der Waals surface area contributed by atoms with Gasteiger partial charge in [0, 0.05) is 17.6 Å². The molecule has 0 aromatic heterocycles. The molecule has 7 heteroatoms. The molecule has 2 N–H and O–H groups in total. The first-order chi connectivity index (χ1) is 14.2. The average molecular weight is 416 g/mol. The van der Waals surface area contributed by atoms with E-state index in [1.54, 1.807) is 4.90 Å². The first-order valence-corrected chi connectivity index (χ1v) is 11.5. The Morgan fingerprint density at radius 1 is 1.10 bits per heavy atom.